The van der Waals surface area contributed by atoms with Crippen molar-refractivity contribution in [2.24, 2.45) is 0 Å². The van der Waals surface area contributed by atoms with Crippen LogP contribution in [-0.2, 0) is 22.5 Å². The van der Waals surface area contributed by atoms with Gasteiger partial charge in [0.05, 0.1) is 5.97 Å². The molecule has 1 aromatic heterocycles. The van der Waals surface area contributed by atoms with Gasteiger partial charge in [-0.05, 0) is 56.5 Å². The maximum Gasteiger partial charge on any atom is 1.00 e. The van der Waals surface area contributed by atoms with Crippen LogP contribution in [-0.4, -0.2) is 40.4 Å². The van der Waals surface area contributed by atoms with Gasteiger partial charge in [0.25, 0.3) is 5.91 Å². The molecule has 0 saturated heterocycles. The molecule has 0 fully saturated rings. The predicted octanol–water partition coefficient (Wildman–Crippen LogP) is 0.944. The molecule has 0 saturated carbocycles. The summed E-state index contributed by atoms with van der Waals surface area (Å²) in [6.45, 7) is 6.83. The molecular formula is C26H30N3NaO4S. The van der Waals surface area contributed by atoms with Gasteiger partial charge in [-0.15, -0.1) is 11.8 Å². The number of methoxy groups -OCH3 is 1. The van der Waals surface area contributed by atoms with Crippen molar-refractivity contribution in [3.63, 3.8) is 0 Å². The summed E-state index contributed by atoms with van der Waals surface area (Å²) < 4.78 is 7.23. The van der Waals surface area contributed by atoms with Crippen LogP contribution in [0.25, 0.3) is 11.4 Å². The number of aliphatic carboxylic acids is 1. The average molecular weight is 504 g/mol. The van der Waals surface area contributed by atoms with Gasteiger partial charge in [0, 0.05) is 47.4 Å². The fourth-order valence-corrected chi connectivity index (χ4v) is 4.36. The van der Waals surface area contributed by atoms with Crippen LogP contribution < -0.4 is 40.0 Å². The molecule has 7 nitrogen and oxygen atoms in total. The van der Waals surface area contributed by atoms with Crippen LogP contribution in [0.5, 0.6) is 0 Å². The van der Waals surface area contributed by atoms with Crippen molar-refractivity contribution in [2.45, 2.75) is 50.3 Å². The second-order valence-corrected chi connectivity index (χ2v) is 9.39. The normalized spacial score (nSPS) is 11.5. The summed E-state index contributed by atoms with van der Waals surface area (Å²) >= 11 is 1.22. The number of hydrogen-bond donors (Lipinski definition) is 1. The van der Waals surface area contributed by atoms with Crippen LogP contribution in [0.1, 0.15) is 42.0 Å². The molecule has 0 aliphatic carbocycles. The zero-order valence-electron chi connectivity index (χ0n) is 21.0. The summed E-state index contributed by atoms with van der Waals surface area (Å²) in [4.78, 5) is 29.6. The molecule has 0 bridgehead atoms. The van der Waals surface area contributed by atoms with E-state index >= 15 is 0 Å². The number of carbonyl (C=O) groups is 2. The molecule has 2 aromatic carbocycles. The third-order valence-corrected chi connectivity index (χ3v) is 6.63. The van der Waals surface area contributed by atoms with Crippen molar-refractivity contribution >= 4 is 29.3 Å². The van der Waals surface area contributed by atoms with E-state index in [4.69, 9.17) is 9.72 Å². The molecule has 1 unspecified atom stereocenters. The molecule has 9 heteroatoms. The first-order valence-corrected chi connectivity index (χ1v) is 12.2. The first kappa shape index (κ1) is 29.1. The number of thioether (sulfide) groups is 1. The van der Waals surface area contributed by atoms with Crippen molar-refractivity contribution < 1.29 is 49.0 Å². The van der Waals surface area contributed by atoms with Gasteiger partial charge >= 0.3 is 29.6 Å². The molecule has 180 valence electrons. The maximum atomic E-state index is 13.1. The van der Waals surface area contributed by atoms with E-state index in [1.165, 1.54) is 17.3 Å². The van der Waals surface area contributed by atoms with Gasteiger partial charge < -0.3 is 24.5 Å². The Hall–Kier alpha value is -2.10. The van der Waals surface area contributed by atoms with Gasteiger partial charge in [-0.25, -0.2) is 4.98 Å². The Labute approximate surface area is 233 Å². The van der Waals surface area contributed by atoms with Crippen LogP contribution in [0.15, 0.2) is 53.4 Å². The number of aromatic nitrogens is 2. The molecule has 0 aliphatic rings. The third-order valence-electron chi connectivity index (χ3n) is 5.54. The van der Waals surface area contributed by atoms with Crippen LogP contribution in [0.4, 0.5) is 5.69 Å². The van der Waals surface area contributed by atoms with E-state index in [9.17, 15) is 14.7 Å². The fraction of sp³-hybridized carbons (Fsp3) is 0.346. The number of ether oxygens (including phenoxy) is 1. The fourth-order valence-electron chi connectivity index (χ4n) is 3.56. The summed E-state index contributed by atoms with van der Waals surface area (Å²) in [6.07, 6.45) is 1.71. The Kier molecular flexibility index (Phi) is 11.5. The third kappa shape index (κ3) is 7.69. The van der Waals surface area contributed by atoms with E-state index in [1.54, 1.807) is 14.0 Å². The van der Waals surface area contributed by atoms with E-state index in [2.05, 4.69) is 12.2 Å². The standard InChI is InChI=1S/C26H31N3O4S.Na/c1-5-19-7-11-21(12-8-19)27-25(30)23-17(2)29(15-6-16-33-4)24(28-23)20-9-13-22(14-10-20)34-18(3)26(31)32;/h7-14,18H,5-6,15-16H2,1-4H3,(H,27,30)(H,31,32);/q;+1/p-1. The topological polar surface area (TPSA) is 96.3 Å². The van der Waals surface area contributed by atoms with Gasteiger partial charge in [0.15, 0.2) is 0 Å². The Morgan fingerprint density at radius 2 is 1.80 bits per heavy atom. The van der Waals surface area contributed by atoms with E-state index in [0.717, 1.165) is 34.7 Å². The second-order valence-electron chi connectivity index (χ2n) is 7.98. The smallest absolute Gasteiger partial charge is 0.549 e. The Balaban J connectivity index is 0.00000432. The summed E-state index contributed by atoms with van der Waals surface area (Å²) in [5.74, 6) is -0.675. The molecule has 1 atom stereocenters. The molecule has 35 heavy (non-hydrogen) atoms. The van der Waals surface area contributed by atoms with Gasteiger partial charge in [0.2, 0.25) is 0 Å². The zero-order valence-corrected chi connectivity index (χ0v) is 23.8. The number of amides is 1. The number of nitrogens with one attached hydrogen (secondary N) is 1. The molecule has 3 rings (SSSR count). The minimum absolute atomic E-state index is 0. The maximum absolute atomic E-state index is 13.1. The SMILES string of the molecule is CCc1ccc(NC(=O)c2nc(-c3ccc(SC(C)C(=O)[O-])cc3)n(CCCOC)c2C)cc1.[Na+]. The summed E-state index contributed by atoms with van der Waals surface area (Å²) in [7, 11) is 1.66. The number of aryl methyl sites for hydroxylation is 1. The molecule has 3 aromatic rings. The Morgan fingerprint density at radius 3 is 2.37 bits per heavy atom. The Morgan fingerprint density at radius 1 is 1.14 bits per heavy atom. The average Bonchev–Trinajstić information content (AvgIpc) is 3.16. The number of carboxylic acid groups (broad SMARTS) is 1. The van der Waals surface area contributed by atoms with Gasteiger partial charge in [-0.3, -0.25) is 4.79 Å². The molecule has 1 heterocycles. The number of hydrogen-bond acceptors (Lipinski definition) is 6. The van der Waals surface area contributed by atoms with Crippen molar-refractivity contribution in [1.29, 1.82) is 0 Å². The monoisotopic (exact) mass is 503 g/mol. The first-order chi connectivity index (χ1) is 16.3. The quantitative estimate of drug-likeness (QED) is 0.238. The summed E-state index contributed by atoms with van der Waals surface area (Å²) in [5, 5.41) is 13.3. The van der Waals surface area contributed by atoms with Crippen LogP contribution in [0.3, 0.4) is 0 Å². The van der Waals surface area contributed by atoms with Crippen LogP contribution in [0, 0.1) is 6.92 Å². The number of nitrogens with zero attached hydrogens (tertiary/aromatic N) is 2. The van der Waals surface area contributed by atoms with Crippen molar-refractivity contribution in [3.05, 3.63) is 65.5 Å². The van der Waals surface area contributed by atoms with Gasteiger partial charge in [-0.1, -0.05) is 31.2 Å². The summed E-state index contributed by atoms with van der Waals surface area (Å²) in [6, 6.07) is 15.3. The van der Waals surface area contributed by atoms with Crippen molar-refractivity contribution in [1.82, 2.24) is 9.55 Å². The Bertz CT molecular complexity index is 1130. The van der Waals surface area contributed by atoms with Gasteiger partial charge in [-0.2, -0.15) is 0 Å². The van der Waals surface area contributed by atoms with Crippen LogP contribution in [0.2, 0.25) is 0 Å². The van der Waals surface area contributed by atoms with E-state index in [0.29, 0.717) is 24.7 Å². The van der Waals surface area contributed by atoms with Crippen molar-refractivity contribution in [2.75, 3.05) is 19.0 Å². The zero-order chi connectivity index (χ0) is 24.7. The number of imidazole rings is 1. The molecule has 0 aliphatic heterocycles. The van der Waals surface area contributed by atoms with Crippen LogP contribution >= 0.6 is 11.8 Å². The number of carbonyl (C=O) groups excluding carboxylic acids is 2. The molecule has 1 N–H and O–H groups in total. The van der Waals surface area contributed by atoms with E-state index < -0.39 is 11.2 Å². The largest absolute Gasteiger partial charge is 1.00 e. The number of benzene rings is 2. The number of rotatable bonds is 11. The van der Waals surface area contributed by atoms with E-state index in [1.807, 2.05) is 60.0 Å². The molecule has 0 radical (unpaired) electrons. The van der Waals surface area contributed by atoms with E-state index in [-0.39, 0.29) is 35.5 Å². The predicted molar refractivity (Wildman–Crippen MR) is 133 cm³/mol. The molecule has 1 amide bonds. The number of carboxylic acids is 1. The summed E-state index contributed by atoms with van der Waals surface area (Å²) in [5.41, 5.74) is 3.92. The molecule has 0 spiro atoms. The molecular weight excluding hydrogens is 473 g/mol. The number of anilines is 1. The first-order valence-electron chi connectivity index (χ1n) is 11.3. The van der Waals surface area contributed by atoms with Crippen molar-refractivity contribution in [3.8, 4) is 11.4 Å². The van der Waals surface area contributed by atoms with Gasteiger partial charge in [0.1, 0.15) is 11.5 Å². The second kappa shape index (κ2) is 13.8. The minimum Gasteiger partial charge on any atom is -0.549 e. The minimum atomic E-state index is -1.10.